The first-order chi connectivity index (χ1) is 12.6. The summed E-state index contributed by atoms with van der Waals surface area (Å²) in [5.74, 6) is 2.57. The van der Waals surface area contributed by atoms with Gasteiger partial charge in [-0.3, -0.25) is 0 Å². The highest BCUT2D eigenvalue weighted by Crippen LogP contribution is 2.42. The highest BCUT2D eigenvalue weighted by atomic mass is 16.5. The van der Waals surface area contributed by atoms with E-state index in [1.807, 2.05) is 24.3 Å². The second-order valence-corrected chi connectivity index (χ2v) is 5.35. The largest absolute Gasteiger partial charge is 0.497 e. The Labute approximate surface area is 151 Å². The third kappa shape index (κ3) is 2.97. The molecule has 0 fully saturated rings. The molecule has 3 aromatic rings. The molecule has 0 saturated carbocycles. The fourth-order valence-corrected chi connectivity index (χ4v) is 2.69. The van der Waals surface area contributed by atoms with Crippen LogP contribution in [0.3, 0.4) is 0 Å². The van der Waals surface area contributed by atoms with Crippen LogP contribution in [0.15, 0.2) is 36.4 Å². The van der Waals surface area contributed by atoms with Gasteiger partial charge in [-0.15, -0.1) is 5.10 Å². The molecule has 0 aliphatic heterocycles. The normalized spacial score (nSPS) is 10.5. The molecule has 0 amide bonds. The van der Waals surface area contributed by atoms with Crippen LogP contribution < -0.4 is 24.7 Å². The lowest BCUT2D eigenvalue weighted by Gasteiger charge is -2.15. The number of benzene rings is 2. The molecule has 26 heavy (non-hydrogen) atoms. The van der Waals surface area contributed by atoms with Gasteiger partial charge in [-0.2, -0.15) is 0 Å². The number of nitrogens with two attached hydrogens (primary N) is 1. The van der Waals surface area contributed by atoms with Gasteiger partial charge < -0.3 is 24.7 Å². The Kier molecular flexibility index (Phi) is 4.83. The summed E-state index contributed by atoms with van der Waals surface area (Å²) >= 11 is 0. The van der Waals surface area contributed by atoms with Crippen LogP contribution in [0.25, 0.3) is 16.9 Å². The molecule has 0 atom stereocenters. The van der Waals surface area contributed by atoms with Crippen LogP contribution in [-0.2, 0) is 0 Å². The molecular weight excluding hydrogens is 336 g/mol. The minimum Gasteiger partial charge on any atom is -0.497 e. The third-order valence-electron chi connectivity index (χ3n) is 3.95. The second-order valence-electron chi connectivity index (χ2n) is 5.35. The lowest BCUT2D eigenvalue weighted by atomic mass is 10.1. The van der Waals surface area contributed by atoms with E-state index in [1.165, 1.54) is 0 Å². The Hall–Kier alpha value is -3.42. The number of ether oxygens (including phenoxy) is 4. The fourth-order valence-electron chi connectivity index (χ4n) is 2.69. The van der Waals surface area contributed by atoms with Crippen LogP contribution in [0.4, 0.5) is 5.82 Å². The van der Waals surface area contributed by atoms with Gasteiger partial charge in [-0.1, -0.05) is 5.21 Å². The van der Waals surface area contributed by atoms with Gasteiger partial charge >= 0.3 is 0 Å². The summed E-state index contributed by atoms with van der Waals surface area (Å²) in [6.45, 7) is 0. The van der Waals surface area contributed by atoms with Gasteiger partial charge in [-0.25, -0.2) is 4.68 Å². The van der Waals surface area contributed by atoms with Crippen LogP contribution in [0, 0.1) is 0 Å². The van der Waals surface area contributed by atoms with Gasteiger partial charge in [-0.05, 0) is 36.4 Å². The fraction of sp³-hybridized carbons (Fsp3) is 0.222. The Bertz CT molecular complexity index is 881. The Morgan fingerprint density at radius 3 is 1.96 bits per heavy atom. The van der Waals surface area contributed by atoms with E-state index < -0.39 is 0 Å². The summed E-state index contributed by atoms with van der Waals surface area (Å²) in [6, 6.07) is 11.0. The number of rotatable bonds is 6. The summed E-state index contributed by atoms with van der Waals surface area (Å²) < 4.78 is 23.1. The Morgan fingerprint density at radius 2 is 1.46 bits per heavy atom. The summed E-state index contributed by atoms with van der Waals surface area (Å²) in [7, 11) is 6.29. The van der Waals surface area contributed by atoms with Crippen molar-refractivity contribution in [3.63, 3.8) is 0 Å². The quantitative estimate of drug-likeness (QED) is 0.725. The maximum Gasteiger partial charge on any atom is 0.203 e. The van der Waals surface area contributed by atoms with Crippen molar-refractivity contribution in [2.45, 2.75) is 0 Å². The molecule has 2 aromatic carbocycles. The first-order valence-electron chi connectivity index (χ1n) is 7.79. The molecule has 0 spiro atoms. The number of hydrogen-bond donors (Lipinski definition) is 1. The predicted molar refractivity (Wildman–Crippen MR) is 97.4 cm³/mol. The molecule has 0 aliphatic carbocycles. The molecule has 3 rings (SSSR count). The Balaban J connectivity index is 2.17. The van der Waals surface area contributed by atoms with E-state index in [2.05, 4.69) is 10.3 Å². The van der Waals surface area contributed by atoms with Crippen molar-refractivity contribution in [3.8, 4) is 39.9 Å². The molecule has 0 aliphatic rings. The standard InChI is InChI=1S/C18H20N4O4/c1-23-13-7-5-12(6-8-13)22-16(18(19)20-21-22)11-9-14(24-2)17(26-4)15(10-11)25-3/h5-10H,19H2,1-4H3. The van der Waals surface area contributed by atoms with Crippen LogP contribution in [-0.4, -0.2) is 43.4 Å². The molecule has 8 heteroatoms. The van der Waals surface area contributed by atoms with Gasteiger partial charge in [0.25, 0.3) is 0 Å². The van der Waals surface area contributed by atoms with Crippen LogP contribution in [0.1, 0.15) is 0 Å². The van der Waals surface area contributed by atoms with E-state index in [1.54, 1.807) is 45.3 Å². The minimum absolute atomic E-state index is 0.287. The molecule has 0 bridgehead atoms. The van der Waals surface area contributed by atoms with Gasteiger partial charge in [0, 0.05) is 5.56 Å². The SMILES string of the molecule is COc1ccc(-n2nnc(N)c2-c2cc(OC)c(OC)c(OC)c2)cc1. The Morgan fingerprint density at radius 1 is 0.846 bits per heavy atom. The van der Waals surface area contributed by atoms with Crippen LogP contribution in [0.2, 0.25) is 0 Å². The highest BCUT2D eigenvalue weighted by Gasteiger charge is 2.20. The number of hydrogen-bond acceptors (Lipinski definition) is 7. The minimum atomic E-state index is 0.287. The molecule has 8 nitrogen and oxygen atoms in total. The smallest absolute Gasteiger partial charge is 0.203 e. The van der Waals surface area contributed by atoms with E-state index in [4.69, 9.17) is 24.7 Å². The summed E-state index contributed by atoms with van der Waals surface area (Å²) in [5, 5.41) is 8.17. The molecule has 1 aromatic heterocycles. The van der Waals surface area contributed by atoms with E-state index in [-0.39, 0.29) is 5.82 Å². The molecule has 1 heterocycles. The maximum atomic E-state index is 6.09. The topological polar surface area (TPSA) is 93.7 Å². The van der Waals surface area contributed by atoms with E-state index in [0.717, 1.165) is 17.0 Å². The first kappa shape index (κ1) is 17.4. The van der Waals surface area contributed by atoms with Gasteiger partial charge in [0.1, 0.15) is 11.4 Å². The summed E-state index contributed by atoms with van der Waals surface area (Å²) in [4.78, 5) is 0. The van der Waals surface area contributed by atoms with E-state index in [0.29, 0.717) is 22.9 Å². The number of nitrogens with zero attached hydrogens (tertiary/aromatic N) is 3. The monoisotopic (exact) mass is 356 g/mol. The van der Waals surface area contributed by atoms with E-state index >= 15 is 0 Å². The summed E-state index contributed by atoms with van der Waals surface area (Å²) in [6.07, 6.45) is 0. The third-order valence-corrected chi connectivity index (χ3v) is 3.95. The van der Waals surface area contributed by atoms with Crippen molar-refractivity contribution in [1.29, 1.82) is 0 Å². The lowest BCUT2D eigenvalue weighted by molar-refractivity contribution is 0.324. The van der Waals surface area contributed by atoms with Crippen molar-refractivity contribution in [2.24, 2.45) is 0 Å². The lowest BCUT2D eigenvalue weighted by Crippen LogP contribution is -2.02. The average Bonchev–Trinajstić information content (AvgIpc) is 3.08. The van der Waals surface area contributed by atoms with Gasteiger partial charge in [0.15, 0.2) is 17.3 Å². The number of methoxy groups -OCH3 is 4. The zero-order valence-corrected chi connectivity index (χ0v) is 15.0. The maximum absolute atomic E-state index is 6.09. The molecule has 2 N–H and O–H groups in total. The summed E-state index contributed by atoms with van der Waals surface area (Å²) in [5.41, 5.74) is 8.23. The molecule has 0 saturated heterocycles. The predicted octanol–water partition coefficient (Wildman–Crippen LogP) is 2.55. The second kappa shape index (κ2) is 7.22. The number of aromatic nitrogens is 3. The van der Waals surface area contributed by atoms with Crippen LogP contribution >= 0.6 is 0 Å². The molecule has 0 radical (unpaired) electrons. The van der Waals surface area contributed by atoms with Crippen molar-refractivity contribution < 1.29 is 18.9 Å². The van der Waals surface area contributed by atoms with Crippen molar-refractivity contribution in [3.05, 3.63) is 36.4 Å². The van der Waals surface area contributed by atoms with Crippen molar-refractivity contribution >= 4 is 5.82 Å². The number of anilines is 1. The zero-order valence-electron chi connectivity index (χ0n) is 15.0. The molecule has 0 unspecified atom stereocenters. The first-order valence-corrected chi connectivity index (χ1v) is 7.79. The van der Waals surface area contributed by atoms with E-state index in [9.17, 15) is 0 Å². The number of nitrogen functional groups attached to an aromatic ring is 1. The zero-order chi connectivity index (χ0) is 18.7. The van der Waals surface area contributed by atoms with Crippen molar-refractivity contribution in [1.82, 2.24) is 15.0 Å². The van der Waals surface area contributed by atoms with Gasteiger partial charge in [0.05, 0.1) is 34.1 Å². The molecule has 136 valence electrons. The average molecular weight is 356 g/mol. The van der Waals surface area contributed by atoms with Gasteiger partial charge in [0.2, 0.25) is 5.75 Å². The molecular formula is C18H20N4O4. The van der Waals surface area contributed by atoms with Crippen LogP contribution in [0.5, 0.6) is 23.0 Å². The van der Waals surface area contributed by atoms with Crippen molar-refractivity contribution in [2.75, 3.05) is 34.2 Å². The highest BCUT2D eigenvalue weighted by molar-refractivity contribution is 5.76.